The number of ketones is 1. The van der Waals surface area contributed by atoms with Gasteiger partial charge in [-0.1, -0.05) is 25.1 Å². The zero-order valence-corrected chi connectivity index (χ0v) is 5.83. The van der Waals surface area contributed by atoms with Crippen molar-refractivity contribution >= 4 is 17.4 Å². The SMILES string of the molecule is C=C(Cl)C(C)C(C)=O. The van der Waals surface area contributed by atoms with Crippen LogP contribution in [0.5, 0.6) is 0 Å². The van der Waals surface area contributed by atoms with Gasteiger partial charge >= 0.3 is 0 Å². The van der Waals surface area contributed by atoms with Crippen LogP contribution in [-0.4, -0.2) is 5.78 Å². The largest absolute Gasteiger partial charge is 0.299 e. The minimum absolute atomic E-state index is 0.0602. The van der Waals surface area contributed by atoms with Gasteiger partial charge < -0.3 is 0 Å². The van der Waals surface area contributed by atoms with Gasteiger partial charge in [-0.3, -0.25) is 4.79 Å². The molecule has 8 heavy (non-hydrogen) atoms. The zero-order valence-electron chi connectivity index (χ0n) is 5.07. The lowest BCUT2D eigenvalue weighted by Crippen LogP contribution is -2.04. The molecule has 1 nitrogen and oxygen atoms in total. The van der Waals surface area contributed by atoms with E-state index in [-0.39, 0.29) is 11.7 Å². The summed E-state index contributed by atoms with van der Waals surface area (Å²) in [5.74, 6) is -0.137. The topological polar surface area (TPSA) is 17.1 Å². The molecule has 0 N–H and O–H groups in total. The Kier molecular flexibility index (Phi) is 2.77. The summed E-state index contributed by atoms with van der Waals surface area (Å²) < 4.78 is 0. The third-order valence-electron chi connectivity index (χ3n) is 1.08. The summed E-state index contributed by atoms with van der Waals surface area (Å²) in [4.78, 5) is 10.4. The highest BCUT2D eigenvalue weighted by atomic mass is 35.5. The molecule has 0 aromatic rings. The molecule has 0 spiro atoms. The third kappa shape index (κ3) is 2.12. The van der Waals surface area contributed by atoms with Gasteiger partial charge in [0, 0.05) is 11.0 Å². The molecule has 0 aromatic heterocycles. The van der Waals surface area contributed by atoms with E-state index in [0.29, 0.717) is 5.03 Å². The van der Waals surface area contributed by atoms with Gasteiger partial charge in [0.1, 0.15) is 5.78 Å². The molecule has 1 atom stereocenters. The second-order valence-electron chi connectivity index (χ2n) is 1.78. The van der Waals surface area contributed by atoms with Gasteiger partial charge in [0.15, 0.2) is 0 Å². The van der Waals surface area contributed by atoms with Crippen molar-refractivity contribution in [3.05, 3.63) is 11.6 Å². The van der Waals surface area contributed by atoms with Crippen LogP contribution in [0.2, 0.25) is 0 Å². The molecular formula is C6H9ClO. The van der Waals surface area contributed by atoms with E-state index in [1.807, 2.05) is 0 Å². The predicted molar refractivity (Wildman–Crippen MR) is 34.8 cm³/mol. The van der Waals surface area contributed by atoms with E-state index in [2.05, 4.69) is 6.58 Å². The number of allylic oxidation sites excluding steroid dienone is 1. The van der Waals surface area contributed by atoms with Gasteiger partial charge in [-0.25, -0.2) is 0 Å². The number of hydrogen-bond donors (Lipinski definition) is 0. The van der Waals surface area contributed by atoms with Gasteiger partial charge in [-0.2, -0.15) is 0 Å². The first-order valence-corrected chi connectivity index (χ1v) is 2.78. The van der Waals surface area contributed by atoms with Crippen molar-refractivity contribution in [1.29, 1.82) is 0 Å². The Balaban J connectivity index is 3.83. The van der Waals surface area contributed by atoms with Crippen LogP contribution in [-0.2, 0) is 4.79 Å². The monoisotopic (exact) mass is 132 g/mol. The number of rotatable bonds is 2. The summed E-state index contributed by atoms with van der Waals surface area (Å²) in [6.07, 6.45) is 0. The fourth-order valence-corrected chi connectivity index (χ4v) is 0.374. The number of carbonyl (C=O) groups is 1. The van der Waals surface area contributed by atoms with E-state index in [0.717, 1.165) is 0 Å². The van der Waals surface area contributed by atoms with Crippen LogP contribution in [0.4, 0.5) is 0 Å². The third-order valence-corrected chi connectivity index (χ3v) is 1.41. The number of Topliss-reactive ketones (excluding diaryl/α,β-unsaturated/α-hetero) is 1. The highest BCUT2D eigenvalue weighted by Crippen LogP contribution is 2.12. The quantitative estimate of drug-likeness (QED) is 0.562. The van der Waals surface area contributed by atoms with Gasteiger partial charge in [0.25, 0.3) is 0 Å². The Morgan fingerprint density at radius 3 is 2.12 bits per heavy atom. The summed E-state index contributed by atoms with van der Waals surface area (Å²) >= 11 is 5.41. The highest BCUT2D eigenvalue weighted by molar-refractivity contribution is 6.30. The van der Waals surface area contributed by atoms with Crippen LogP contribution >= 0.6 is 11.6 Å². The van der Waals surface area contributed by atoms with Crippen LogP contribution in [0.25, 0.3) is 0 Å². The van der Waals surface area contributed by atoms with E-state index in [1.165, 1.54) is 6.92 Å². The molecule has 0 aromatic carbocycles. The van der Waals surface area contributed by atoms with Crippen LogP contribution in [0.15, 0.2) is 11.6 Å². The van der Waals surface area contributed by atoms with E-state index < -0.39 is 0 Å². The first kappa shape index (κ1) is 7.70. The van der Waals surface area contributed by atoms with Crippen LogP contribution < -0.4 is 0 Å². The van der Waals surface area contributed by atoms with Crippen LogP contribution in [0.3, 0.4) is 0 Å². The lowest BCUT2D eigenvalue weighted by Gasteiger charge is -2.00. The smallest absolute Gasteiger partial charge is 0.137 e. The first-order chi connectivity index (χ1) is 3.55. The summed E-state index contributed by atoms with van der Waals surface area (Å²) in [6, 6.07) is 0. The molecule has 0 bridgehead atoms. The predicted octanol–water partition coefficient (Wildman–Crippen LogP) is 1.96. The normalized spacial score (nSPS) is 12.9. The van der Waals surface area contributed by atoms with E-state index in [1.54, 1.807) is 6.92 Å². The average molecular weight is 133 g/mol. The highest BCUT2D eigenvalue weighted by Gasteiger charge is 2.07. The van der Waals surface area contributed by atoms with Gasteiger partial charge in [0.2, 0.25) is 0 Å². The van der Waals surface area contributed by atoms with Crippen molar-refractivity contribution in [3.63, 3.8) is 0 Å². The summed E-state index contributed by atoms with van der Waals surface area (Å²) in [7, 11) is 0. The second-order valence-corrected chi connectivity index (χ2v) is 2.26. The maximum absolute atomic E-state index is 10.4. The van der Waals surface area contributed by atoms with Crippen LogP contribution in [0, 0.1) is 5.92 Å². The van der Waals surface area contributed by atoms with E-state index >= 15 is 0 Å². The molecule has 0 aliphatic heterocycles. The molecule has 0 rings (SSSR count). The lowest BCUT2D eigenvalue weighted by molar-refractivity contribution is -0.119. The molecule has 0 heterocycles. The maximum Gasteiger partial charge on any atom is 0.137 e. The summed E-state index contributed by atoms with van der Waals surface area (Å²) in [5.41, 5.74) is 0. The lowest BCUT2D eigenvalue weighted by atomic mass is 10.1. The van der Waals surface area contributed by atoms with Crippen molar-refractivity contribution in [2.75, 3.05) is 0 Å². The van der Waals surface area contributed by atoms with Crippen LogP contribution in [0.1, 0.15) is 13.8 Å². The zero-order chi connectivity index (χ0) is 6.73. The number of halogens is 1. The number of hydrogen-bond acceptors (Lipinski definition) is 1. The molecule has 0 amide bonds. The Morgan fingerprint density at radius 2 is 2.12 bits per heavy atom. The van der Waals surface area contributed by atoms with Crippen molar-refractivity contribution in [3.8, 4) is 0 Å². The minimum atomic E-state index is -0.198. The first-order valence-electron chi connectivity index (χ1n) is 2.40. The fourth-order valence-electron chi connectivity index (χ4n) is 0.221. The Labute approximate surface area is 54.3 Å². The van der Waals surface area contributed by atoms with Gasteiger partial charge in [0.05, 0.1) is 0 Å². The Hall–Kier alpha value is -0.300. The molecule has 0 saturated carbocycles. The number of carbonyl (C=O) groups excluding carboxylic acids is 1. The standard InChI is InChI=1S/C6H9ClO/c1-4(5(2)7)6(3)8/h4H,2H2,1,3H3. The van der Waals surface area contributed by atoms with Gasteiger partial charge in [-0.15, -0.1) is 0 Å². The Morgan fingerprint density at radius 1 is 1.75 bits per heavy atom. The van der Waals surface area contributed by atoms with E-state index in [9.17, 15) is 4.79 Å². The summed E-state index contributed by atoms with van der Waals surface area (Å²) in [5, 5.41) is 0.414. The molecule has 46 valence electrons. The molecule has 2 heteroatoms. The molecule has 0 aliphatic carbocycles. The molecule has 0 saturated heterocycles. The Bertz CT molecular complexity index is 104. The summed E-state index contributed by atoms with van der Waals surface area (Å²) in [6.45, 7) is 6.65. The van der Waals surface area contributed by atoms with E-state index in [4.69, 9.17) is 11.6 Å². The van der Waals surface area contributed by atoms with Gasteiger partial charge in [-0.05, 0) is 6.92 Å². The second kappa shape index (κ2) is 2.88. The van der Waals surface area contributed by atoms with Crippen molar-refractivity contribution in [2.24, 2.45) is 5.92 Å². The fraction of sp³-hybridized carbons (Fsp3) is 0.500. The van der Waals surface area contributed by atoms with Crippen molar-refractivity contribution in [2.45, 2.75) is 13.8 Å². The molecule has 0 fully saturated rings. The molecule has 0 radical (unpaired) electrons. The van der Waals surface area contributed by atoms with Crippen molar-refractivity contribution in [1.82, 2.24) is 0 Å². The molecule has 0 aliphatic rings. The average Bonchev–Trinajstić information content (AvgIpc) is 1.64. The van der Waals surface area contributed by atoms with Crippen molar-refractivity contribution < 1.29 is 4.79 Å². The minimum Gasteiger partial charge on any atom is -0.299 e. The molecule has 1 unspecified atom stereocenters. The maximum atomic E-state index is 10.4. The molecular weight excluding hydrogens is 124 g/mol.